The topological polar surface area (TPSA) is 109 Å². The molecule has 38 heavy (non-hydrogen) atoms. The molecule has 3 fully saturated rings. The van der Waals surface area contributed by atoms with Crippen LogP contribution in [0.3, 0.4) is 0 Å². The highest BCUT2D eigenvalue weighted by Crippen LogP contribution is 2.37. The van der Waals surface area contributed by atoms with Crippen molar-refractivity contribution in [3.05, 3.63) is 36.0 Å². The third kappa shape index (κ3) is 4.66. The summed E-state index contributed by atoms with van der Waals surface area (Å²) in [6, 6.07) is 7.07. The molecule has 0 bridgehead atoms. The minimum Gasteiger partial charge on any atom is -0.462 e. The lowest BCUT2D eigenvalue weighted by molar-refractivity contribution is -0.0236. The molecule has 1 aromatic carbocycles. The molecule has 2 aliphatic heterocycles. The van der Waals surface area contributed by atoms with Crippen LogP contribution in [0.25, 0.3) is 16.7 Å². The Bertz CT molecular complexity index is 1360. The second-order valence-electron chi connectivity index (χ2n) is 10.8. The highest BCUT2D eigenvalue weighted by atomic mass is 19.3. The molecule has 202 valence electrons. The number of hydrogen-bond acceptors (Lipinski definition) is 9. The van der Waals surface area contributed by atoms with E-state index in [2.05, 4.69) is 15.3 Å². The zero-order valence-corrected chi connectivity index (χ0v) is 21.4. The predicted molar refractivity (Wildman–Crippen MR) is 137 cm³/mol. The molecule has 2 N–H and O–H groups in total. The van der Waals surface area contributed by atoms with Crippen molar-refractivity contribution in [2.24, 2.45) is 0 Å². The molecule has 6 rings (SSSR count). The number of ether oxygens (including phenoxy) is 1. The number of aromatic nitrogens is 4. The Labute approximate surface area is 218 Å². The van der Waals surface area contributed by atoms with E-state index in [0.717, 1.165) is 5.39 Å². The monoisotopic (exact) mass is 527 g/mol. The summed E-state index contributed by atoms with van der Waals surface area (Å²) in [7, 11) is 0. The number of nitrogens with one attached hydrogen (secondary N) is 1. The van der Waals surface area contributed by atoms with E-state index in [0.29, 0.717) is 61.1 Å². The van der Waals surface area contributed by atoms with Gasteiger partial charge in [-0.25, -0.2) is 18.3 Å². The van der Waals surface area contributed by atoms with Crippen molar-refractivity contribution in [3.8, 4) is 5.69 Å². The summed E-state index contributed by atoms with van der Waals surface area (Å²) in [4.78, 5) is 25.8. The molecule has 0 radical (unpaired) electrons. The average molecular weight is 528 g/mol. The standard InChI is InChI=1S/C26H31F2N7O3/c1-3-38-23(36)16-5-4-6-18(9-16)35-22-20(12-29-35)21(31-24(32-22)30-17-10-25(2,37)11-17)34-13-19(14-34)33-8-7-26(27,28)15-33/h4-6,9,12,17,19,37H,3,7-8,10-11,13-15H2,1-2H3,(H,30,31,32)/t17-,25-. The van der Waals surface area contributed by atoms with Crippen LogP contribution < -0.4 is 10.2 Å². The summed E-state index contributed by atoms with van der Waals surface area (Å²) >= 11 is 0. The molecule has 1 saturated carbocycles. The van der Waals surface area contributed by atoms with Crippen LogP contribution in [0.4, 0.5) is 20.5 Å². The van der Waals surface area contributed by atoms with Gasteiger partial charge in [-0.1, -0.05) is 6.07 Å². The average Bonchev–Trinajstić information content (AvgIpc) is 3.40. The van der Waals surface area contributed by atoms with E-state index in [1.54, 1.807) is 42.9 Å². The van der Waals surface area contributed by atoms with Crippen molar-refractivity contribution >= 4 is 28.8 Å². The molecular weight excluding hydrogens is 496 g/mol. The highest BCUT2D eigenvalue weighted by molar-refractivity contribution is 5.91. The number of carbonyl (C=O) groups is 1. The molecule has 3 aromatic rings. The molecule has 0 spiro atoms. The fourth-order valence-electron chi connectivity index (χ4n) is 5.59. The minimum atomic E-state index is -2.62. The van der Waals surface area contributed by atoms with Gasteiger partial charge in [-0.2, -0.15) is 15.1 Å². The Morgan fingerprint density at radius 3 is 2.74 bits per heavy atom. The van der Waals surface area contributed by atoms with E-state index < -0.39 is 17.5 Å². The maximum Gasteiger partial charge on any atom is 0.338 e. The van der Waals surface area contributed by atoms with E-state index >= 15 is 0 Å². The van der Waals surface area contributed by atoms with Gasteiger partial charge < -0.3 is 20.1 Å². The molecule has 0 unspecified atom stereocenters. The van der Waals surface area contributed by atoms with Crippen molar-refractivity contribution in [3.63, 3.8) is 0 Å². The van der Waals surface area contributed by atoms with Gasteiger partial charge in [0.1, 0.15) is 5.82 Å². The van der Waals surface area contributed by atoms with Crippen LogP contribution in [0.15, 0.2) is 30.5 Å². The second kappa shape index (κ2) is 9.12. The number of fused-ring (bicyclic) bond motifs is 1. The van der Waals surface area contributed by atoms with Crippen molar-refractivity contribution in [2.45, 2.75) is 56.7 Å². The van der Waals surface area contributed by atoms with Gasteiger partial charge >= 0.3 is 5.97 Å². The Balaban J connectivity index is 1.32. The molecule has 10 nitrogen and oxygen atoms in total. The van der Waals surface area contributed by atoms with Gasteiger partial charge in [-0.3, -0.25) is 4.90 Å². The zero-order valence-electron chi connectivity index (χ0n) is 21.4. The molecule has 0 amide bonds. The number of esters is 1. The number of rotatable bonds is 7. The van der Waals surface area contributed by atoms with E-state index in [-0.39, 0.29) is 31.7 Å². The van der Waals surface area contributed by atoms with Crippen LogP contribution in [-0.4, -0.2) is 92.1 Å². The van der Waals surface area contributed by atoms with Crippen LogP contribution in [0, 0.1) is 0 Å². The third-order valence-corrected chi connectivity index (χ3v) is 7.59. The number of nitrogens with zero attached hydrogens (tertiary/aromatic N) is 6. The number of aliphatic hydroxyl groups is 1. The van der Waals surface area contributed by atoms with Crippen LogP contribution in [0.1, 0.15) is 43.5 Å². The molecule has 1 aliphatic carbocycles. The first-order valence-corrected chi connectivity index (χ1v) is 13.0. The summed E-state index contributed by atoms with van der Waals surface area (Å²) in [5, 5.41) is 18.8. The fourth-order valence-corrected chi connectivity index (χ4v) is 5.59. The van der Waals surface area contributed by atoms with E-state index in [9.17, 15) is 18.7 Å². The molecule has 2 saturated heterocycles. The Hall–Kier alpha value is -3.38. The lowest BCUT2D eigenvalue weighted by Crippen LogP contribution is -2.59. The lowest BCUT2D eigenvalue weighted by Gasteiger charge is -2.45. The van der Waals surface area contributed by atoms with Crippen LogP contribution in [0.5, 0.6) is 0 Å². The maximum absolute atomic E-state index is 13.8. The van der Waals surface area contributed by atoms with Crippen LogP contribution >= 0.6 is 0 Å². The number of anilines is 2. The maximum atomic E-state index is 13.8. The SMILES string of the molecule is CCOC(=O)c1cccc(-n2ncc3c(N4CC(N5CCC(F)(F)C5)C4)nc(N[C@H]4C[C@](C)(O)C4)nc32)c1. The summed E-state index contributed by atoms with van der Waals surface area (Å²) in [6.45, 7) is 5.20. The normalized spacial score (nSPS) is 25.3. The first-order valence-electron chi connectivity index (χ1n) is 13.0. The first-order chi connectivity index (χ1) is 18.1. The van der Waals surface area contributed by atoms with Crippen molar-refractivity contribution < 1.29 is 23.4 Å². The third-order valence-electron chi connectivity index (χ3n) is 7.59. The van der Waals surface area contributed by atoms with Gasteiger partial charge in [-0.15, -0.1) is 0 Å². The van der Waals surface area contributed by atoms with E-state index in [4.69, 9.17) is 14.7 Å². The summed E-state index contributed by atoms with van der Waals surface area (Å²) in [5.41, 5.74) is 0.905. The van der Waals surface area contributed by atoms with Crippen molar-refractivity contribution in [2.75, 3.05) is 43.0 Å². The quantitative estimate of drug-likeness (QED) is 0.449. The molecule has 0 atom stereocenters. The van der Waals surface area contributed by atoms with Gasteiger partial charge in [0.25, 0.3) is 5.92 Å². The van der Waals surface area contributed by atoms with Gasteiger partial charge in [0.05, 0.1) is 41.6 Å². The lowest BCUT2D eigenvalue weighted by atomic mass is 9.77. The molecule has 4 heterocycles. The van der Waals surface area contributed by atoms with Gasteiger partial charge in [0, 0.05) is 38.1 Å². The van der Waals surface area contributed by atoms with Crippen molar-refractivity contribution in [1.29, 1.82) is 0 Å². The molecular formula is C26H31F2N7O3. The fraction of sp³-hybridized carbons (Fsp3) is 0.538. The summed E-state index contributed by atoms with van der Waals surface area (Å²) in [5.74, 6) is -1.95. The number of halogens is 2. The van der Waals surface area contributed by atoms with E-state index in [1.807, 2.05) is 11.0 Å². The zero-order chi connectivity index (χ0) is 26.7. The van der Waals surface area contributed by atoms with Gasteiger partial charge in [0.15, 0.2) is 5.65 Å². The molecule has 2 aromatic heterocycles. The molecule has 12 heteroatoms. The number of hydrogen-bond donors (Lipinski definition) is 2. The largest absolute Gasteiger partial charge is 0.462 e. The molecule has 3 aliphatic rings. The van der Waals surface area contributed by atoms with Crippen molar-refractivity contribution in [1.82, 2.24) is 24.6 Å². The number of benzene rings is 1. The second-order valence-corrected chi connectivity index (χ2v) is 10.8. The number of alkyl halides is 2. The van der Waals surface area contributed by atoms with E-state index in [1.165, 1.54) is 0 Å². The first kappa shape index (κ1) is 24.9. The number of likely N-dealkylation sites (tertiary alicyclic amines) is 1. The Morgan fingerprint density at radius 2 is 2.05 bits per heavy atom. The Kier molecular flexibility index (Phi) is 5.98. The highest BCUT2D eigenvalue weighted by Gasteiger charge is 2.45. The Morgan fingerprint density at radius 1 is 1.26 bits per heavy atom. The number of carbonyl (C=O) groups excluding carboxylic acids is 1. The minimum absolute atomic E-state index is 0.0368. The van der Waals surface area contributed by atoms with Gasteiger partial charge in [-0.05, 0) is 44.9 Å². The van der Waals surface area contributed by atoms with Crippen LogP contribution in [-0.2, 0) is 4.74 Å². The van der Waals surface area contributed by atoms with Crippen LogP contribution in [0.2, 0.25) is 0 Å². The van der Waals surface area contributed by atoms with Gasteiger partial charge in [0.2, 0.25) is 5.95 Å². The summed E-state index contributed by atoms with van der Waals surface area (Å²) in [6.07, 6.45) is 2.76. The predicted octanol–water partition coefficient (Wildman–Crippen LogP) is 2.85. The summed E-state index contributed by atoms with van der Waals surface area (Å²) < 4.78 is 34.3. The smallest absolute Gasteiger partial charge is 0.338 e.